The molecule has 1 N–H and O–H groups in total. The van der Waals surface area contributed by atoms with Crippen molar-refractivity contribution in [1.82, 2.24) is 10.3 Å². The molecule has 1 aliphatic rings. The van der Waals surface area contributed by atoms with Gasteiger partial charge in [-0.15, -0.1) is 0 Å². The Balaban J connectivity index is 1.94. The molecule has 1 aromatic rings. The Morgan fingerprint density at radius 2 is 2.29 bits per heavy atom. The van der Waals surface area contributed by atoms with E-state index in [0.29, 0.717) is 17.5 Å². The number of rotatable bonds is 3. The molecular formula is C12H18N2. The van der Waals surface area contributed by atoms with Crippen molar-refractivity contribution in [1.29, 1.82) is 0 Å². The maximum Gasteiger partial charge on any atom is 0.0315 e. The highest BCUT2D eigenvalue weighted by Crippen LogP contribution is 2.45. The summed E-state index contributed by atoms with van der Waals surface area (Å²) in [6.07, 6.45) is 5.04. The Labute approximate surface area is 85.7 Å². The van der Waals surface area contributed by atoms with E-state index in [1.54, 1.807) is 0 Å². The van der Waals surface area contributed by atoms with Crippen LogP contribution in [0.15, 0.2) is 24.5 Å². The predicted molar refractivity (Wildman–Crippen MR) is 58.0 cm³/mol. The maximum absolute atomic E-state index is 4.13. The Morgan fingerprint density at radius 3 is 2.79 bits per heavy atom. The van der Waals surface area contributed by atoms with Crippen LogP contribution in [-0.2, 0) is 0 Å². The molecule has 2 nitrogen and oxygen atoms in total. The van der Waals surface area contributed by atoms with Gasteiger partial charge in [0.1, 0.15) is 0 Å². The van der Waals surface area contributed by atoms with Gasteiger partial charge < -0.3 is 5.32 Å². The first-order chi connectivity index (χ1) is 6.59. The second kappa shape index (κ2) is 3.35. The van der Waals surface area contributed by atoms with Crippen LogP contribution in [0.25, 0.3) is 0 Å². The van der Waals surface area contributed by atoms with Gasteiger partial charge in [0.25, 0.3) is 0 Å². The summed E-state index contributed by atoms with van der Waals surface area (Å²) in [6, 6.07) is 5.21. The summed E-state index contributed by atoms with van der Waals surface area (Å²) in [5.74, 6) is 0. The molecule has 1 saturated carbocycles. The lowest BCUT2D eigenvalue weighted by Gasteiger charge is -2.14. The van der Waals surface area contributed by atoms with Crippen LogP contribution in [0, 0.1) is 5.41 Å². The molecule has 2 heteroatoms. The third-order valence-electron chi connectivity index (χ3n) is 3.15. The SMILES string of the molecule is CC(NC1CC1(C)C)c1cccnc1. The number of aromatic nitrogens is 1. The van der Waals surface area contributed by atoms with Crippen molar-refractivity contribution >= 4 is 0 Å². The quantitative estimate of drug-likeness (QED) is 0.792. The fraction of sp³-hybridized carbons (Fsp3) is 0.583. The van der Waals surface area contributed by atoms with Gasteiger partial charge in [-0.1, -0.05) is 19.9 Å². The second-order valence-corrected chi connectivity index (χ2v) is 4.92. The minimum Gasteiger partial charge on any atom is -0.307 e. The minimum absolute atomic E-state index is 0.412. The zero-order chi connectivity index (χ0) is 10.2. The monoisotopic (exact) mass is 190 g/mol. The van der Waals surface area contributed by atoms with Gasteiger partial charge in [0, 0.05) is 24.5 Å². The van der Waals surface area contributed by atoms with Crippen molar-refractivity contribution in [2.75, 3.05) is 0 Å². The summed E-state index contributed by atoms with van der Waals surface area (Å²) in [7, 11) is 0. The Morgan fingerprint density at radius 1 is 1.57 bits per heavy atom. The lowest BCUT2D eigenvalue weighted by atomic mass is 10.1. The Kier molecular flexibility index (Phi) is 2.31. The molecular weight excluding hydrogens is 172 g/mol. The summed E-state index contributed by atoms with van der Waals surface area (Å²) >= 11 is 0. The standard InChI is InChI=1S/C12H18N2/c1-9(10-5-4-6-13-8-10)14-11-7-12(11,2)3/h4-6,8-9,11,14H,7H2,1-3H3. The van der Waals surface area contributed by atoms with Gasteiger partial charge in [-0.3, -0.25) is 4.98 Å². The van der Waals surface area contributed by atoms with Crippen LogP contribution in [0.4, 0.5) is 0 Å². The molecule has 0 aliphatic heterocycles. The summed E-state index contributed by atoms with van der Waals surface area (Å²) in [4.78, 5) is 4.13. The smallest absolute Gasteiger partial charge is 0.0315 e. The Bertz CT molecular complexity index is 305. The van der Waals surface area contributed by atoms with Crippen LogP contribution >= 0.6 is 0 Å². The molecule has 76 valence electrons. The average molecular weight is 190 g/mol. The van der Waals surface area contributed by atoms with E-state index >= 15 is 0 Å². The minimum atomic E-state index is 0.412. The molecule has 0 saturated heterocycles. The van der Waals surface area contributed by atoms with Crippen LogP contribution in [0.2, 0.25) is 0 Å². The van der Waals surface area contributed by atoms with E-state index in [0.717, 1.165) is 0 Å². The van der Waals surface area contributed by atoms with E-state index in [1.165, 1.54) is 12.0 Å². The molecule has 0 spiro atoms. The fourth-order valence-corrected chi connectivity index (χ4v) is 1.78. The molecule has 2 unspecified atom stereocenters. The van der Waals surface area contributed by atoms with E-state index in [1.807, 2.05) is 18.5 Å². The van der Waals surface area contributed by atoms with Crippen LogP contribution in [-0.4, -0.2) is 11.0 Å². The van der Waals surface area contributed by atoms with Gasteiger partial charge in [0.2, 0.25) is 0 Å². The van der Waals surface area contributed by atoms with Crippen molar-refractivity contribution < 1.29 is 0 Å². The molecule has 2 rings (SSSR count). The molecule has 14 heavy (non-hydrogen) atoms. The third-order valence-corrected chi connectivity index (χ3v) is 3.15. The van der Waals surface area contributed by atoms with E-state index < -0.39 is 0 Å². The number of nitrogens with zero attached hydrogens (tertiary/aromatic N) is 1. The first-order valence-electron chi connectivity index (χ1n) is 5.25. The predicted octanol–water partition coefficient (Wildman–Crippen LogP) is 2.53. The van der Waals surface area contributed by atoms with Gasteiger partial charge in [-0.25, -0.2) is 0 Å². The first kappa shape index (κ1) is 9.66. The van der Waals surface area contributed by atoms with E-state index in [4.69, 9.17) is 0 Å². The normalized spacial score (nSPS) is 25.8. The lowest BCUT2D eigenvalue weighted by molar-refractivity contribution is 0.491. The highest BCUT2D eigenvalue weighted by atomic mass is 15.0. The van der Waals surface area contributed by atoms with Crippen molar-refractivity contribution in [3.63, 3.8) is 0 Å². The lowest BCUT2D eigenvalue weighted by Crippen LogP contribution is -2.24. The largest absolute Gasteiger partial charge is 0.307 e. The molecule has 0 amide bonds. The molecule has 0 bridgehead atoms. The van der Waals surface area contributed by atoms with Crippen LogP contribution in [0.5, 0.6) is 0 Å². The summed E-state index contributed by atoms with van der Waals surface area (Å²) in [6.45, 7) is 6.81. The van der Waals surface area contributed by atoms with Crippen LogP contribution < -0.4 is 5.32 Å². The van der Waals surface area contributed by atoms with Gasteiger partial charge in [0.05, 0.1) is 0 Å². The molecule has 1 aromatic heterocycles. The van der Waals surface area contributed by atoms with Gasteiger partial charge in [0.15, 0.2) is 0 Å². The average Bonchev–Trinajstić information content (AvgIpc) is 2.75. The van der Waals surface area contributed by atoms with Crippen LogP contribution in [0.3, 0.4) is 0 Å². The van der Waals surface area contributed by atoms with Crippen molar-refractivity contribution in [2.45, 2.75) is 39.3 Å². The topological polar surface area (TPSA) is 24.9 Å². The highest BCUT2D eigenvalue weighted by molar-refractivity contribution is 5.15. The fourth-order valence-electron chi connectivity index (χ4n) is 1.78. The van der Waals surface area contributed by atoms with Crippen molar-refractivity contribution in [3.05, 3.63) is 30.1 Å². The van der Waals surface area contributed by atoms with Crippen molar-refractivity contribution in [3.8, 4) is 0 Å². The third kappa shape index (κ3) is 1.95. The zero-order valence-corrected chi connectivity index (χ0v) is 9.12. The second-order valence-electron chi connectivity index (χ2n) is 4.92. The molecule has 1 aliphatic carbocycles. The molecule has 0 radical (unpaired) electrons. The summed E-state index contributed by atoms with van der Waals surface area (Å²) < 4.78 is 0. The molecule has 0 aromatic carbocycles. The molecule has 1 heterocycles. The zero-order valence-electron chi connectivity index (χ0n) is 9.12. The van der Waals surface area contributed by atoms with Crippen molar-refractivity contribution in [2.24, 2.45) is 5.41 Å². The number of hydrogen-bond donors (Lipinski definition) is 1. The van der Waals surface area contributed by atoms with E-state index in [9.17, 15) is 0 Å². The first-order valence-corrected chi connectivity index (χ1v) is 5.25. The number of nitrogens with one attached hydrogen (secondary N) is 1. The van der Waals surface area contributed by atoms with E-state index in [-0.39, 0.29) is 0 Å². The van der Waals surface area contributed by atoms with Gasteiger partial charge in [-0.05, 0) is 30.4 Å². The van der Waals surface area contributed by atoms with Crippen LogP contribution in [0.1, 0.15) is 38.8 Å². The van der Waals surface area contributed by atoms with Gasteiger partial charge >= 0.3 is 0 Å². The van der Waals surface area contributed by atoms with Gasteiger partial charge in [-0.2, -0.15) is 0 Å². The summed E-state index contributed by atoms with van der Waals surface area (Å²) in [5, 5.41) is 3.62. The molecule has 2 atom stereocenters. The highest BCUT2D eigenvalue weighted by Gasteiger charge is 2.45. The maximum atomic E-state index is 4.13. The molecule has 1 fully saturated rings. The van der Waals surface area contributed by atoms with E-state index in [2.05, 4.69) is 37.1 Å². The Hall–Kier alpha value is -0.890. The summed E-state index contributed by atoms with van der Waals surface area (Å²) in [5.41, 5.74) is 1.77. The number of pyridine rings is 1. The number of hydrogen-bond acceptors (Lipinski definition) is 2.